The molecule has 0 bridgehead atoms. The largest absolute Gasteiger partial charge is 0.545 e. The van der Waals surface area contributed by atoms with Gasteiger partial charge in [-0.05, 0) is 37.1 Å². The van der Waals surface area contributed by atoms with E-state index >= 15 is 0 Å². The van der Waals surface area contributed by atoms with Crippen LogP contribution in [0.2, 0.25) is 8.87 Å². The first-order chi connectivity index (χ1) is 21.7. The Kier molecular flexibility index (Phi) is 34.3. The van der Waals surface area contributed by atoms with E-state index in [0.29, 0.717) is 36.5 Å². The Morgan fingerprint density at radius 2 is 0.889 bits per heavy atom. The fourth-order valence-electron chi connectivity index (χ4n) is 3.95. The summed E-state index contributed by atoms with van der Waals surface area (Å²) in [5, 5.41) is 18.8. The Labute approximate surface area is 283 Å². The van der Waals surface area contributed by atoms with Gasteiger partial charge < -0.3 is 29.3 Å². The number of rotatable bonds is 24. The Morgan fingerprint density at radius 3 is 1.22 bits per heavy atom. The van der Waals surface area contributed by atoms with Gasteiger partial charge in [0.15, 0.2) is 0 Å². The molecule has 0 saturated heterocycles. The molecule has 8 nitrogen and oxygen atoms in total. The molecule has 1 aromatic rings. The predicted octanol–water partition coefficient (Wildman–Crippen LogP) is 6.89. The third kappa shape index (κ3) is 31.4. The number of carboxylic acids is 2. The first kappa shape index (κ1) is 44.8. The van der Waals surface area contributed by atoms with Crippen molar-refractivity contribution in [3.8, 4) is 0 Å². The van der Waals surface area contributed by atoms with E-state index in [0.717, 1.165) is 25.7 Å². The van der Waals surface area contributed by atoms with Gasteiger partial charge in [-0.25, -0.2) is 9.59 Å². The summed E-state index contributed by atoms with van der Waals surface area (Å²) in [6.45, 7) is 9.76. The molecule has 0 saturated carbocycles. The maximum atomic E-state index is 12.4. The van der Waals surface area contributed by atoms with Crippen molar-refractivity contribution in [1.82, 2.24) is 0 Å². The molecule has 254 valence electrons. The number of hydrogen-bond donors (Lipinski definition) is 0. The van der Waals surface area contributed by atoms with Crippen LogP contribution in [0.25, 0.3) is 0 Å². The van der Waals surface area contributed by atoms with Crippen LogP contribution in [0.15, 0.2) is 36.4 Å². The molecule has 45 heavy (non-hydrogen) atoms. The second kappa shape index (κ2) is 34.5. The second-order valence-electron chi connectivity index (χ2n) is 10.8. The normalized spacial score (nSPS) is 10.1. The van der Waals surface area contributed by atoms with Crippen molar-refractivity contribution in [2.24, 2.45) is 0 Å². The van der Waals surface area contributed by atoms with Crippen LogP contribution in [0.4, 0.5) is 0 Å². The van der Waals surface area contributed by atoms with E-state index in [1.54, 1.807) is 33.1 Å². The Bertz CT molecular complexity index is 845. The number of hydrogen-bond acceptors (Lipinski definition) is 8. The summed E-state index contributed by atoms with van der Waals surface area (Å²) in [5.74, 6) is -3.98. The summed E-state index contributed by atoms with van der Waals surface area (Å²) >= 11 is 0.149. The van der Waals surface area contributed by atoms with E-state index in [2.05, 4.69) is 27.7 Å². The standard InChI is InChI=1S/C24H38O4.C4H4O4.2C4H9.Sn/c1-3-5-7-9-11-15-19-27-23(25)21-17-13-14-18-22(21)24(26)28-20-16-12-10-8-6-4-2;5-3(6)1-2-4(7)8;2*1-3-4-2;/h13-14,17-18H,3-12,15-16,19-20H2,1-2H3;1-2H,(H,5,6)(H,7,8);2*1,3-4H2,2H3;/q;;;;+2/p-2. The number of carbonyl (C=O) groups excluding carboxylic acids is 4. The van der Waals surface area contributed by atoms with Crippen LogP contribution in [0, 0.1) is 0 Å². The van der Waals surface area contributed by atoms with Gasteiger partial charge in [0.2, 0.25) is 0 Å². The summed E-state index contributed by atoms with van der Waals surface area (Å²) in [5.41, 5.74) is 0.586. The first-order valence-corrected chi connectivity index (χ1v) is 21.0. The number of carbonyl (C=O) groups is 4. The molecule has 0 spiro atoms. The minimum Gasteiger partial charge on any atom is -0.545 e. The van der Waals surface area contributed by atoms with Crippen molar-refractivity contribution >= 4 is 45.0 Å². The van der Waals surface area contributed by atoms with Gasteiger partial charge in [0.05, 0.1) is 36.3 Å². The van der Waals surface area contributed by atoms with Gasteiger partial charge >= 0.3 is 81.5 Å². The van der Waals surface area contributed by atoms with E-state index in [1.165, 1.54) is 77.0 Å². The average Bonchev–Trinajstić information content (AvgIpc) is 3.03. The molecule has 0 aliphatic carbocycles. The predicted molar refractivity (Wildman–Crippen MR) is 178 cm³/mol. The van der Waals surface area contributed by atoms with Gasteiger partial charge in [0, 0.05) is 0 Å². The molecule has 0 aliphatic rings. The van der Waals surface area contributed by atoms with E-state index in [4.69, 9.17) is 9.47 Å². The number of benzene rings is 1. The van der Waals surface area contributed by atoms with Crippen molar-refractivity contribution < 1.29 is 38.9 Å². The van der Waals surface area contributed by atoms with Crippen LogP contribution < -0.4 is 10.2 Å². The Morgan fingerprint density at radius 1 is 0.556 bits per heavy atom. The van der Waals surface area contributed by atoms with E-state index in [-0.39, 0.29) is 21.1 Å². The minimum atomic E-state index is -1.55. The fraction of sp³-hybridized carbons (Fsp3) is 0.667. The molecule has 9 heteroatoms. The van der Waals surface area contributed by atoms with Crippen molar-refractivity contribution in [1.29, 1.82) is 0 Å². The number of ether oxygens (including phenoxy) is 2. The molecule has 0 fully saturated rings. The smallest absolute Gasteiger partial charge is 0.0643 e. The fourth-order valence-corrected chi connectivity index (χ4v) is 8.11. The first-order valence-electron chi connectivity index (χ1n) is 17.0. The topological polar surface area (TPSA) is 133 Å². The summed E-state index contributed by atoms with van der Waals surface area (Å²) in [6.07, 6.45) is 20.2. The van der Waals surface area contributed by atoms with E-state index < -0.39 is 23.9 Å². The molecule has 0 amide bonds. The molecule has 1 rings (SSSR count). The van der Waals surface area contributed by atoms with Crippen molar-refractivity contribution in [3.63, 3.8) is 0 Å². The summed E-state index contributed by atoms with van der Waals surface area (Å²) in [6, 6.07) is 6.74. The zero-order valence-electron chi connectivity index (χ0n) is 28.4. The zero-order valence-corrected chi connectivity index (χ0v) is 31.2. The van der Waals surface area contributed by atoms with Crippen molar-refractivity contribution in [2.75, 3.05) is 13.2 Å². The number of unbranched alkanes of at least 4 members (excludes halogenated alkanes) is 12. The van der Waals surface area contributed by atoms with Crippen molar-refractivity contribution in [3.05, 3.63) is 47.5 Å². The molecule has 0 atom stereocenters. The third-order valence-corrected chi connectivity index (χ3v) is 10.6. The third-order valence-electron chi connectivity index (χ3n) is 6.60. The van der Waals surface area contributed by atoms with Gasteiger partial charge in [-0.2, -0.15) is 0 Å². The van der Waals surface area contributed by atoms with Crippen LogP contribution in [-0.2, 0) is 19.1 Å². The molecule has 1 aromatic carbocycles. The number of aliphatic carboxylic acids is 2. The molecular formula is C36H58O8Sn. The molecule has 0 aromatic heterocycles. The SMILES string of the molecule is CCCCCCCCOC(=O)c1ccccc1C(=O)OCCCCCCCC.CCC[CH2][Sn+2][CH2]CCC.O=C([O-])C=CC(=O)[O-]. The number of esters is 2. The molecule has 0 heterocycles. The van der Waals surface area contributed by atoms with E-state index in [9.17, 15) is 29.4 Å². The van der Waals surface area contributed by atoms with Crippen LogP contribution in [0.3, 0.4) is 0 Å². The maximum absolute atomic E-state index is 12.4. The summed E-state index contributed by atoms with van der Waals surface area (Å²) in [7, 11) is 0. The maximum Gasteiger partial charge on any atom is 0.0643 e. The monoisotopic (exact) mass is 738 g/mol. The van der Waals surface area contributed by atoms with Gasteiger partial charge in [-0.3, -0.25) is 0 Å². The van der Waals surface area contributed by atoms with Gasteiger partial charge in [-0.15, -0.1) is 0 Å². The molecule has 0 N–H and O–H groups in total. The van der Waals surface area contributed by atoms with E-state index in [1.807, 2.05) is 0 Å². The average molecular weight is 738 g/mol. The van der Waals surface area contributed by atoms with Crippen molar-refractivity contribution in [2.45, 2.75) is 139 Å². The molecule has 0 radical (unpaired) electrons. The van der Waals surface area contributed by atoms with Crippen LogP contribution in [0.1, 0.15) is 151 Å². The molecule has 0 unspecified atom stereocenters. The Balaban J connectivity index is 0. The molecular weight excluding hydrogens is 679 g/mol. The van der Waals surface area contributed by atoms with Crippen LogP contribution in [0.5, 0.6) is 0 Å². The van der Waals surface area contributed by atoms with Gasteiger partial charge in [0.25, 0.3) is 0 Å². The summed E-state index contributed by atoms with van der Waals surface area (Å²) in [4.78, 5) is 43.5. The van der Waals surface area contributed by atoms with Crippen LogP contribution in [-0.4, -0.2) is 58.2 Å². The van der Waals surface area contributed by atoms with Crippen LogP contribution >= 0.6 is 0 Å². The summed E-state index contributed by atoms with van der Waals surface area (Å²) < 4.78 is 14.0. The quantitative estimate of drug-likeness (QED) is 0.0485. The zero-order chi connectivity index (χ0) is 34.0. The molecule has 0 aliphatic heterocycles. The minimum absolute atomic E-state index is 0.149. The second-order valence-corrected chi connectivity index (χ2v) is 15.1. The number of carboxylic acid groups (broad SMARTS) is 2. The Hall–Kier alpha value is -2.36. The van der Waals surface area contributed by atoms with Gasteiger partial charge in [-0.1, -0.05) is 90.2 Å². The van der Waals surface area contributed by atoms with Gasteiger partial charge in [0.1, 0.15) is 0 Å².